The first-order chi connectivity index (χ1) is 15.2. The summed E-state index contributed by atoms with van der Waals surface area (Å²) < 4.78 is 10.9. The van der Waals surface area contributed by atoms with Crippen LogP contribution in [0.3, 0.4) is 0 Å². The summed E-state index contributed by atoms with van der Waals surface area (Å²) in [5, 5.41) is 10.4. The summed E-state index contributed by atoms with van der Waals surface area (Å²) in [5.41, 5.74) is 0.269. The van der Waals surface area contributed by atoms with Gasteiger partial charge in [0.05, 0.1) is 12.7 Å². The molecule has 0 saturated carbocycles. The molecule has 0 aliphatic heterocycles. The molecule has 0 spiro atoms. The molecule has 0 rings (SSSR count). The maximum absolute atomic E-state index is 11.5. The molecular weight excluding hydrogens is 402 g/mol. The number of hydrogen-bond donors (Lipinski definition) is 1. The monoisotopic (exact) mass is 455 g/mol. The van der Waals surface area contributed by atoms with Crippen LogP contribution >= 0.6 is 0 Å². The van der Waals surface area contributed by atoms with Gasteiger partial charge in [0, 0.05) is 30.8 Å². The van der Waals surface area contributed by atoms with Crippen molar-refractivity contribution >= 4 is 5.97 Å². The number of carbonyl (C=O) groups is 1. The van der Waals surface area contributed by atoms with Crippen LogP contribution in [0.2, 0.25) is 0 Å². The number of rotatable bonds is 21. The lowest BCUT2D eigenvalue weighted by atomic mass is 10.1. The number of ether oxygens (including phenoxy) is 2. The quantitative estimate of drug-likeness (QED) is 0.125. The molecule has 0 saturated heterocycles. The lowest BCUT2D eigenvalue weighted by molar-refractivity contribution is -0.139. The van der Waals surface area contributed by atoms with Gasteiger partial charge >= 0.3 is 5.97 Å². The molecule has 0 amide bonds. The molecule has 0 aliphatic rings. The number of β-amino-alcohol motifs (C(OH)–C–C–N with tert-alkyl or cyclic N) is 1. The predicted molar refractivity (Wildman–Crippen MR) is 135 cm³/mol. The summed E-state index contributed by atoms with van der Waals surface area (Å²) in [5.74, 6) is -0.370. The molecule has 0 aromatic rings. The summed E-state index contributed by atoms with van der Waals surface area (Å²) in [6.45, 7) is 16.2. The summed E-state index contributed by atoms with van der Waals surface area (Å²) in [6.07, 6.45) is 15.4. The fraction of sp³-hybridized carbons (Fsp3) is 0.889. The molecule has 0 radical (unpaired) electrons. The van der Waals surface area contributed by atoms with E-state index in [1.807, 2.05) is 0 Å². The minimum Gasteiger partial charge on any atom is -0.461 e. The average molecular weight is 456 g/mol. The molecule has 32 heavy (non-hydrogen) atoms. The molecular formula is C27H53NO4. The molecule has 1 N–H and O–H groups in total. The zero-order chi connectivity index (χ0) is 24.2. The standard InChI is InChI=1S/C27H53NO4/c1-7-8-9-10-11-12-13-14-15-16-17-18-20-31-23-25(29)22-28(27(4,5)6)19-21-32-26(30)24(2)3/h25,29H,2,7-23H2,1,3-6H3/t25-/m0/s1. The van der Waals surface area contributed by atoms with Gasteiger partial charge in [0.25, 0.3) is 0 Å². The molecule has 190 valence electrons. The van der Waals surface area contributed by atoms with Crippen molar-refractivity contribution in [1.29, 1.82) is 0 Å². The fourth-order valence-corrected chi connectivity index (χ4v) is 3.64. The molecule has 0 aromatic carbocycles. The Morgan fingerprint density at radius 3 is 1.88 bits per heavy atom. The van der Waals surface area contributed by atoms with Crippen molar-refractivity contribution in [3.8, 4) is 0 Å². The Bertz CT molecular complexity index is 473. The van der Waals surface area contributed by atoms with Gasteiger partial charge in [-0.05, 0) is 34.1 Å². The Labute approximate surface area is 198 Å². The lowest BCUT2D eigenvalue weighted by Crippen LogP contribution is -2.48. The van der Waals surface area contributed by atoms with Gasteiger partial charge in [0.15, 0.2) is 0 Å². The molecule has 0 unspecified atom stereocenters. The summed E-state index contributed by atoms with van der Waals surface area (Å²) in [6, 6.07) is 0. The van der Waals surface area contributed by atoms with Crippen LogP contribution in [-0.4, -0.2) is 60.5 Å². The Kier molecular flexibility index (Phi) is 19.0. The van der Waals surface area contributed by atoms with E-state index < -0.39 is 6.10 Å². The third-order valence-corrected chi connectivity index (χ3v) is 5.78. The van der Waals surface area contributed by atoms with E-state index in [0.717, 1.165) is 6.42 Å². The molecule has 0 aromatic heterocycles. The van der Waals surface area contributed by atoms with Crippen LogP contribution in [0, 0.1) is 0 Å². The molecule has 1 atom stereocenters. The van der Waals surface area contributed by atoms with Crippen molar-refractivity contribution in [3.05, 3.63) is 12.2 Å². The van der Waals surface area contributed by atoms with Crippen LogP contribution < -0.4 is 0 Å². The number of aliphatic hydroxyl groups excluding tert-OH is 1. The van der Waals surface area contributed by atoms with E-state index >= 15 is 0 Å². The van der Waals surface area contributed by atoms with Crippen LogP contribution in [0.1, 0.15) is 112 Å². The lowest BCUT2D eigenvalue weighted by Gasteiger charge is -2.36. The van der Waals surface area contributed by atoms with E-state index in [4.69, 9.17) is 9.47 Å². The van der Waals surface area contributed by atoms with Crippen LogP contribution in [0.5, 0.6) is 0 Å². The topological polar surface area (TPSA) is 59.0 Å². The molecule has 5 nitrogen and oxygen atoms in total. The van der Waals surface area contributed by atoms with Gasteiger partial charge in [0.2, 0.25) is 0 Å². The molecule has 5 heteroatoms. The van der Waals surface area contributed by atoms with Crippen LogP contribution in [-0.2, 0) is 14.3 Å². The maximum Gasteiger partial charge on any atom is 0.333 e. The highest BCUT2D eigenvalue weighted by atomic mass is 16.5. The highest BCUT2D eigenvalue weighted by Crippen LogP contribution is 2.14. The Hall–Kier alpha value is -0.910. The highest BCUT2D eigenvalue weighted by molar-refractivity contribution is 5.86. The van der Waals surface area contributed by atoms with Crippen LogP contribution in [0.4, 0.5) is 0 Å². The first-order valence-electron chi connectivity index (χ1n) is 13.0. The van der Waals surface area contributed by atoms with E-state index in [1.54, 1.807) is 6.92 Å². The van der Waals surface area contributed by atoms with Crippen LogP contribution in [0.25, 0.3) is 0 Å². The number of hydrogen-bond acceptors (Lipinski definition) is 5. The van der Waals surface area contributed by atoms with Gasteiger partial charge in [-0.15, -0.1) is 0 Å². The van der Waals surface area contributed by atoms with Gasteiger partial charge in [-0.25, -0.2) is 4.79 Å². The van der Waals surface area contributed by atoms with Gasteiger partial charge in [-0.3, -0.25) is 4.90 Å². The summed E-state index contributed by atoms with van der Waals surface area (Å²) >= 11 is 0. The zero-order valence-corrected chi connectivity index (χ0v) is 21.9. The van der Waals surface area contributed by atoms with E-state index in [1.165, 1.54) is 70.6 Å². The van der Waals surface area contributed by atoms with Gasteiger partial charge in [-0.2, -0.15) is 0 Å². The van der Waals surface area contributed by atoms with Gasteiger partial charge in [-0.1, -0.05) is 84.1 Å². The van der Waals surface area contributed by atoms with Crippen LogP contribution in [0.15, 0.2) is 12.2 Å². The average Bonchev–Trinajstić information content (AvgIpc) is 2.72. The number of unbranched alkanes of at least 4 members (excludes halogenated alkanes) is 11. The smallest absolute Gasteiger partial charge is 0.333 e. The summed E-state index contributed by atoms with van der Waals surface area (Å²) in [4.78, 5) is 13.7. The normalized spacial score (nSPS) is 12.8. The number of carbonyl (C=O) groups excluding carboxylic acids is 1. The molecule has 0 aliphatic carbocycles. The van der Waals surface area contributed by atoms with Crippen molar-refractivity contribution in [2.75, 3.05) is 32.9 Å². The SMILES string of the molecule is C=C(C)C(=O)OCCN(C[C@H](O)COCCCCCCCCCCCCCC)C(C)(C)C. The van der Waals surface area contributed by atoms with Crippen molar-refractivity contribution < 1.29 is 19.4 Å². The summed E-state index contributed by atoms with van der Waals surface area (Å²) in [7, 11) is 0. The molecule has 0 fully saturated rings. The fourth-order valence-electron chi connectivity index (χ4n) is 3.64. The third-order valence-electron chi connectivity index (χ3n) is 5.78. The number of nitrogens with zero attached hydrogens (tertiary/aromatic N) is 1. The minimum atomic E-state index is -0.552. The van der Waals surface area contributed by atoms with Gasteiger partial charge < -0.3 is 14.6 Å². The highest BCUT2D eigenvalue weighted by Gasteiger charge is 2.24. The largest absolute Gasteiger partial charge is 0.461 e. The van der Waals surface area contributed by atoms with Gasteiger partial charge in [0.1, 0.15) is 6.61 Å². The van der Waals surface area contributed by atoms with E-state index in [-0.39, 0.29) is 18.1 Å². The zero-order valence-electron chi connectivity index (χ0n) is 21.9. The maximum atomic E-state index is 11.5. The van der Waals surface area contributed by atoms with E-state index in [9.17, 15) is 9.90 Å². The molecule has 0 heterocycles. The van der Waals surface area contributed by atoms with Crippen molar-refractivity contribution in [3.63, 3.8) is 0 Å². The van der Waals surface area contributed by atoms with Crippen molar-refractivity contribution in [2.24, 2.45) is 0 Å². The molecule has 0 bridgehead atoms. The third kappa shape index (κ3) is 18.6. The Morgan fingerprint density at radius 1 is 0.906 bits per heavy atom. The second-order valence-corrected chi connectivity index (χ2v) is 10.2. The Balaban J connectivity index is 3.74. The second kappa shape index (κ2) is 19.5. The number of aliphatic hydroxyl groups is 1. The van der Waals surface area contributed by atoms with Crippen molar-refractivity contribution in [2.45, 2.75) is 123 Å². The Morgan fingerprint density at radius 2 is 1.41 bits per heavy atom. The van der Waals surface area contributed by atoms with E-state index in [0.29, 0.717) is 31.9 Å². The minimum absolute atomic E-state index is 0.133. The first-order valence-corrected chi connectivity index (χ1v) is 13.0. The second-order valence-electron chi connectivity index (χ2n) is 10.2. The van der Waals surface area contributed by atoms with E-state index in [2.05, 4.69) is 39.2 Å². The predicted octanol–water partition coefficient (Wildman–Crippen LogP) is 6.28. The number of esters is 1. The van der Waals surface area contributed by atoms with Crippen molar-refractivity contribution in [1.82, 2.24) is 4.90 Å². The first kappa shape index (κ1) is 31.1.